The van der Waals surface area contributed by atoms with E-state index in [1.54, 1.807) is 0 Å². The van der Waals surface area contributed by atoms with Gasteiger partial charge in [-0.3, -0.25) is 0 Å². The number of furan rings is 1. The Kier molecular flexibility index (Phi) is 6.09. The number of hydrogen-bond acceptors (Lipinski definition) is 4. The van der Waals surface area contributed by atoms with E-state index in [0.29, 0.717) is 5.82 Å². The molecule has 0 atom stereocenters. The number of para-hydroxylation sites is 1. The molecule has 0 N–H and O–H groups in total. The average Bonchev–Trinajstić information content (AvgIpc) is 3.88. The van der Waals surface area contributed by atoms with Gasteiger partial charge < -0.3 is 8.98 Å². The van der Waals surface area contributed by atoms with Crippen LogP contribution >= 0.6 is 11.3 Å². The van der Waals surface area contributed by atoms with Gasteiger partial charge in [0.05, 0.1) is 38.2 Å². The van der Waals surface area contributed by atoms with Crippen molar-refractivity contribution in [2.45, 2.75) is 0 Å². The second-order valence-electron chi connectivity index (χ2n) is 12.9. The van der Waals surface area contributed by atoms with E-state index in [4.69, 9.17) is 14.4 Å². The number of rotatable bonds is 4. The minimum Gasteiger partial charge on any atom is -0.456 e. The van der Waals surface area contributed by atoms with E-state index in [0.717, 1.165) is 55.7 Å². The van der Waals surface area contributed by atoms with E-state index in [-0.39, 0.29) is 0 Å². The summed E-state index contributed by atoms with van der Waals surface area (Å²) in [5, 5.41) is 7.22. The van der Waals surface area contributed by atoms with Crippen molar-refractivity contribution in [2.75, 3.05) is 0 Å². The Hall–Kier alpha value is -6.56. The van der Waals surface area contributed by atoms with Crippen molar-refractivity contribution in [1.82, 2.24) is 14.5 Å². The molecule has 5 heteroatoms. The molecule has 0 aliphatic carbocycles. The Morgan fingerprint density at radius 1 is 0.471 bits per heavy atom. The summed E-state index contributed by atoms with van der Waals surface area (Å²) in [7, 11) is 0. The van der Waals surface area contributed by atoms with Crippen LogP contribution in [0.2, 0.25) is 0 Å². The van der Waals surface area contributed by atoms with Gasteiger partial charge in [0.15, 0.2) is 5.82 Å². The lowest BCUT2D eigenvalue weighted by Gasteiger charge is -2.10. The van der Waals surface area contributed by atoms with Crippen LogP contribution in [0.3, 0.4) is 0 Å². The summed E-state index contributed by atoms with van der Waals surface area (Å²) in [6.07, 6.45) is 0. The van der Waals surface area contributed by atoms with E-state index in [9.17, 15) is 0 Å². The second-order valence-corrected chi connectivity index (χ2v) is 14.0. The molecule has 7 aromatic carbocycles. The van der Waals surface area contributed by atoms with Gasteiger partial charge in [-0.25, -0.2) is 9.97 Å². The third-order valence-electron chi connectivity index (χ3n) is 10.0. The molecule has 0 saturated carbocycles. The molecule has 238 valence electrons. The Morgan fingerprint density at radius 2 is 1.14 bits per heavy atom. The minimum absolute atomic E-state index is 0.660. The zero-order valence-electron chi connectivity index (χ0n) is 27.2. The Balaban J connectivity index is 1.15. The molecule has 11 aromatic rings. The summed E-state index contributed by atoms with van der Waals surface area (Å²) in [6.45, 7) is 0. The lowest BCUT2D eigenvalue weighted by molar-refractivity contribution is 0.669. The molecule has 4 nitrogen and oxygen atoms in total. The Labute approximate surface area is 296 Å². The van der Waals surface area contributed by atoms with Crippen molar-refractivity contribution >= 4 is 75.3 Å². The van der Waals surface area contributed by atoms with Gasteiger partial charge in [0.1, 0.15) is 11.2 Å². The maximum absolute atomic E-state index is 6.68. The third-order valence-corrected chi connectivity index (χ3v) is 11.2. The zero-order valence-corrected chi connectivity index (χ0v) is 28.1. The molecule has 0 aliphatic heterocycles. The van der Waals surface area contributed by atoms with E-state index >= 15 is 0 Å². The van der Waals surface area contributed by atoms with Crippen LogP contribution in [0, 0.1) is 0 Å². The average molecular weight is 670 g/mol. The van der Waals surface area contributed by atoms with E-state index < -0.39 is 0 Å². The van der Waals surface area contributed by atoms with Crippen molar-refractivity contribution in [3.8, 4) is 39.6 Å². The Morgan fingerprint density at radius 3 is 1.92 bits per heavy atom. The van der Waals surface area contributed by atoms with Crippen LogP contribution in [0.15, 0.2) is 168 Å². The molecule has 0 radical (unpaired) electrons. The van der Waals surface area contributed by atoms with Crippen LogP contribution in [0.25, 0.3) is 104 Å². The second kappa shape index (κ2) is 11.0. The first kappa shape index (κ1) is 28.3. The molecule has 0 bridgehead atoms. The summed E-state index contributed by atoms with van der Waals surface area (Å²) in [4.78, 5) is 10.2. The van der Waals surface area contributed by atoms with Gasteiger partial charge in [0, 0.05) is 48.3 Å². The highest BCUT2D eigenvalue weighted by molar-refractivity contribution is 7.26. The molecule has 4 heterocycles. The number of hydrogen-bond donors (Lipinski definition) is 0. The maximum Gasteiger partial charge on any atom is 0.160 e. The quantitative estimate of drug-likeness (QED) is 0.187. The third kappa shape index (κ3) is 4.32. The van der Waals surface area contributed by atoms with Crippen molar-refractivity contribution in [1.29, 1.82) is 0 Å². The molecule has 51 heavy (non-hydrogen) atoms. The standard InChI is InChI=1S/C46H27N3OS/c1-3-12-28(13-4-1)36-27-37(29-14-5-2-6-15-29)48-46(47-36)30-22-23-35-41(26-30)50-40-20-11-19-39(43(35)40)49-38-18-9-7-16-31(38)33-24-25-34-32-17-8-10-21-42(32)51-45(34)44(33)49/h1-27H. The zero-order chi connectivity index (χ0) is 33.5. The van der Waals surface area contributed by atoms with Gasteiger partial charge >= 0.3 is 0 Å². The topological polar surface area (TPSA) is 43.9 Å². The van der Waals surface area contributed by atoms with E-state index in [1.165, 1.54) is 42.0 Å². The first-order chi connectivity index (χ1) is 25.3. The number of thiophene rings is 1. The smallest absolute Gasteiger partial charge is 0.160 e. The molecule has 0 spiro atoms. The minimum atomic E-state index is 0.660. The lowest BCUT2D eigenvalue weighted by Crippen LogP contribution is -1.96. The van der Waals surface area contributed by atoms with Crippen LogP contribution in [0.1, 0.15) is 0 Å². The first-order valence-corrected chi connectivity index (χ1v) is 17.9. The number of fused-ring (bicyclic) bond motifs is 10. The predicted octanol–water partition coefficient (Wildman–Crippen LogP) is 12.8. The van der Waals surface area contributed by atoms with E-state index in [1.807, 2.05) is 47.7 Å². The highest BCUT2D eigenvalue weighted by atomic mass is 32.1. The van der Waals surface area contributed by atoms with Gasteiger partial charge in [-0.15, -0.1) is 11.3 Å². The summed E-state index contributed by atoms with van der Waals surface area (Å²) < 4.78 is 11.7. The van der Waals surface area contributed by atoms with Crippen LogP contribution in [0.5, 0.6) is 0 Å². The van der Waals surface area contributed by atoms with Gasteiger partial charge in [-0.1, -0.05) is 121 Å². The molecular weight excluding hydrogens is 643 g/mol. The summed E-state index contributed by atoms with van der Waals surface area (Å²) in [5.41, 5.74) is 9.92. The van der Waals surface area contributed by atoms with Crippen LogP contribution in [-0.2, 0) is 0 Å². The summed E-state index contributed by atoms with van der Waals surface area (Å²) in [5.74, 6) is 0.660. The molecule has 11 rings (SSSR count). The highest BCUT2D eigenvalue weighted by Gasteiger charge is 2.21. The highest BCUT2D eigenvalue weighted by Crippen LogP contribution is 2.45. The molecule has 0 amide bonds. The molecule has 0 saturated heterocycles. The van der Waals surface area contributed by atoms with Crippen molar-refractivity contribution < 1.29 is 4.42 Å². The monoisotopic (exact) mass is 669 g/mol. The van der Waals surface area contributed by atoms with Gasteiger partial charge in [0.2, 0.25) is 0 Å². The van der Waals surface area contributed by atoms with Gasteiger partial charge in [0.25, 0.3) is 0 Å². The molecule has 0 aliphatic rings. The molecule has 0 fully saturated rings. The van der Waals surface area contributed by atoms with E-state index in [2.05, 4.69) is 132 Å². The van der Waals surface area contributed by atoms with Crippen LogP contribution in [-0.4, -0.2) is 14.5 Å². The largest absolute Gasteiger partial charge is 0.456 e. The van der Waals surface area contributed by atoms with Crippen LogP contribution < -0.4 is 0 Å². The van der Waals surface area contributed by atoms with Crippen molar-refractivity contribution in [3.05, 3.63) is 164 Å². The number of benzene rings is 7. The maximum atomic E-state index is 6.68. The fourth-order valence-electron chi connectivity index (χ4n) is 7.70. The fraction of sp³-hybridized carbons (Fsp3) is 0. The molecule has 0 unspecified atom stereocenters. The van der Waals surface area contributed by atoms with Crippen LogP contribution in [0.4, 0.5) is 0 Å². The molecule has 4 aromatic heterocycles. The fourth-order valence-corrected chi connectivity index (χ4v) is 8.94. The number of nitrogens with zero attached hydrogens (tertiary/aromatic N) is 3. The SMILES string of the molecule is c1ccc(-c2cc(-c3ccccc3)nc(-c3ccc4c(c3)oc3cccc(-n5c6ccccc6c6ccc7c8ccccc8sc7c65)c34)n2)cc1. The normalized spacial score (nSPS) is 11.9. The molecular formula is C46H27N3OS. The van der Waals surface area contributed by atoms with Crippen molar-refractivity contribution in [3.63, 3.8) is 0 Å². The van der Waals surface area contributed by atoms with Crippen molar-refractivity contribution in [2.24, 2.45) is 0 Å². The summed E-state index contributed by atoms with van der Waals surface area (Å²) >= 11 is 1.87. The number of aromatic nitrogens is 3. The van der Waals surface area contributed by atoms with Gasteiger partial charge in [-0.2, -0.15) is 0 Å². The Bertz CT molecular complexity index is 3080. The summed E-state index contributed by atoms with van der Waals surface area (Å²) in [6, 6.07) is 57.5. The predicted molar refractivity (Wildman–Crippen MR) is 213 cm³/mol. The lowest BCUT2D eigenvalue weighted by atomic mass is 10.1. The first-order valence-electron chi connectivity index (χ1n) is 17.1. The van der Waals surface area contributed by atoms with Gasteiger partial charge in [-0.05, 0) is 42.5 Å².